The smallest absolute Gasteiger partial charge is 0.153 e. The van der Waals surface area contributed by atoms with Crippen LogP contribution in [0, 0.1) is 0 Å². The molecule has 3 nitrogen and oxygen atoms in total. The van der Waals surface area contributed by atoms with Gasteiger partial charge in [0, 0.05) is 28.5 Å². The summed E-state index contributed by atoms with van der Waals surface area (Å²) in [4.78, 5) is 0. The minimum atomic E-state index is -3.00. The molecule has 0 bridgehead atoms. The summed E-state index contributed by atoms with van der Waals surface area (Å²) in [6.45, 7) is 2.79. The van der Waals surface area contributed by atoms with E-state index < -0.39 is 9.84 Å². The van der Waals surface area contributed by atoms with Crippen LogP contribution in [0.25, 0.3) is 10.9 Å². The van der Waals surface area contributed by atoms with Crippen LogP contribution in [0.3, 0.4) is 0 Å². The van der Waals surface area contributed by atoms with E-state index in [2.05, 4.69) is 15.9 Å². The fourth-order valence-electron chi connectivity index (χ4n) is 2.05. The van der Waals surface area contributed by atoms with Crippen molar-refractivity contribution < 1.29 is 8.42 Å². The first-order valence-electron chi connectivity index (χ1n) is 5.36. The van der Waals surface area contributed by atoms with Crippen LogP contribution in [-0.4, -0.2) is 19.2 Å². The highest BCUT2D eigenvalue weighted by Crippen LogP contribution is 2.24. The molecule has 0 N–H and O–H groups in total. The number of halogens is 1. The van der Waals surface area contributed by atoms with E-state index in [0.29, 0.717) is 0 Å². The van der Waals surface area contributed by atoms with Gasteiger partial charge in [0.15, 0.2) is 9.84 Å². The molecule has 2 rings (SSSR count). The van der Waals surface area contributed by atoms with E-state index in [9.17, 15) is 8.42 Å². The summed E-state index contributed by atoms with van der Waals surface area (Å²) in [5.74, 6) is 0.0904. The summed E-state index contributed by atoms with van der Waals surface area (Å²) in [7, 11) is -3.00. The molecule has 1 heterocycles. The Balaban J connectivity index is 2.64. The Labute approximate surface area is 109 Å². The third-order valence-electron chi connectivity index (χ3n) is 2.68. The summed E-state index contributed by atoms with van der Waals surface area (Å²) in [5, 5.41) is 1.08. The molecule has 0 aliphatic carbocycles. The first-order valence-corrected chi connectivity index (χ1v) is 8.21. The predicted octanol–water partition coefficient (Wildman–Crippen LogP) is 2.97. The lowest BCUT2D eigenvalue weighted by Crippen LogP contribution is -2.07. The van der Waals surface area contributed by atoms with Gasteiger partial charge in [-0.2, -0.15) is 0 Å². The first kappa shape index (κ1) is 12.6. The van der Waals surface area contributed by atoms with Gasteiger partial charge in [-0.25, -0.2) is 8.42 Å². The van der Waals surface area contributed by atoms with E-state index in [4.69, 9.17) is 0 Å². The molecule has 0 amide bonds. The highest BCUT2D eigenvalue weighted by molar-refractivity contribution is 9.10. The van der Waals surface area contributed by atoms with Crippen molar-refractivity contribution in [1.82, 2.24) is 4.57 Å². The Morgan fingerprint density at radius 1 is 1.29 bits per heavy atom. The number of hydrogen-bond donors (Lipinski definition) is 0. The summed E-state index contributed by atoms with van der Waals surface area (Å²) in [6.07, 6.45) is 1.26. The van der Waals surface area contributed by atoms with E-state index in [1.165, 1.54) is 6.26 Å². The largest absolute Gasteiger partial charge is 0.344 e. The minimum Gasteiger partial charge on any atom is -0.344 e. The molecule has 0 radical (unpaired) electrons. The van der Waals surface area contributed by atoms with Crippen molar-refractivity contribution in [2.24, 2.45) is 0 Å². The van der Waals surface area contributed by atoms with Gasteiger partial charge < -0.3 is 4.57 Å². The zero-order chi connectivity index (χ0) is 12.6. The molecule has 0 unspecified atom stereocenters. The second-order valence-corrected chi connectivity index (χ2v) is 7.21. The number of sulfone groups is 1. The lowest BCUT2D eigenvalue weighted by atomic mass is 10.2. The fraction of sp³-hybridized carbons (Fsp3) is 0.333. The van der Waals surface area contributed by atoms with Gasteiger partial charge in [-0.05, 0) is 30.5 Å². The number of benzene rings is 1. The van der Waals surface area contributed by atoms with Crippen molar-refractivity contribution in [2.75, 3.05) is 6.26 Å². The lowest BCUT2D eigenvalue weighted by Gasteiger charge is -2.06. The van der Waals surface area contributed by atoms with Crippen LogP contribution in [0.15, 0.2) is 28.7 Å². The standard InChI is InChI=1S/C12H14BrNO2S/c1-3-14-11(8-17(2,15)16)6-9-4-5-10(13)7-12(9)14/h4-7H,3,8H2,1-2H3. The number of fused-ring (bicyclic) bond motifs is 1. The van der Waals surface area contributed by atoms with Gasteiger partial charge in [-0.15, -0.1) is 0 Å². The molecule has 0 saturated heterocycles. The zero-order valence-corrected chi connectivity index (χ0v) is 12.2. The molecule has 0 aliphatic heterocycles. The van der Waals surface area contributed by atoms with Crippen molar-refractivity contribution >= 4 is 36.7 Å². The average Bonchev–Trinajstić information content (AvgIpc) is 2.51. The monoisotopic (exact) mass is 315 g/mol. The Morgan fingerprint density at radius 3 is 2.59 bits per heavy atom. The van der Waals surface area contributed by atoms with Gasteiger partial charge >= 0.3 is 0 Å². The van der Waals surface area contributed by atoms with Gasteiger partial charge in [-0.1, -0.05) is 22.0 Å². The number of hydrogen-bond acceptors (Lipinski definition) is 2. The summed E-state index contributed by atoms with van der Waals surface area (Å²) < 4.78 is 25.8. The highest BCUT2D eigenvalue weighted by atomic mass is 79.9. The van der Waals surface area contributed by atoms with E-state index >= 15 is 0 Å². The van der Waals surface area contributed by atoms with Crippen LogP contribution in [0.1, 0.15) is 12.6 Å². The first-order chi connectivity index (χ1) is 7.90. The number of aryl methyl sites for hydroxylation is 1. The van der Waals surface area contributed by atoms with E-state index in [0.717, 1.165) is 27.6 Å². The van der Waals surface area contributed by atoms with Crippen LogP contribution < -0.4 is 0 Å². The highest BCUT2D eigenvalue weighted by Gasteiger charge is 2.12. The van der Waals surface area contributed by atoms with Gasteiger partial charge in [0.1, 0.15) is 0 Å². The van der Waals surface area contributed by atoms with Crippen LogP contribution in [-0.2, 0) is 22.1 Å². The summed E-state index contributed by atoms with van der Waals surface area (Å²) >= 11 is 3.43. The maximum Gasteiger partial charge on any atom is 0.153 e. The average molecular weight is 316 g/mol. The number of nitrogens with zero attached hydrogens (tertiary/aromatic N) is 1. The zero-order valence-electron chi connectivity index (χ0n) is 9.77. The molecule has 17 heavy (non-hydrogen) atoms. The Morgan fingerprint density at radius 2 is 2.00 bits per heavy atom. The predicted molar refractivity (Wildman–Crippen MR) is 73.9 cm³/mol. The van der Waals surface area contributed by atoms with Crippen LogP contribution in [0.5, 0.6) is 0 Å². The van der Waals surface area contributed by atoms with Gasteiger partial charge in [-0.3, -0.25) is 0 Å². The lowest BCUT2D eigenvalue weighted by molar-refractivity contribution is 0.598. The Hall–Kier alpha value is -0.810. The molecule has 92 valence electrons. The molecule has 0 spiro atoms. The minimum absolute atomic E-state index is 0.0904. The van der Waals surface area contributed by atoms with Gasteiger partial charge in [0.2, 0.25) is 0 Å². The molecular formula is C12H14BrNO2S. The molecular weight excluding hydrogens is 302 g/mol. The normalized spacial score (nSPS) is 12.2. The van der Waals surface area contributed by atoms with Crippen molar-refractivity contribution in [3.05, 3.63) is 34.4 Å². The number of aromatic nitrogens is 1. The summed E-state index contributed by atoms with van der Waals surface area (Å²) in [6, 6.07) is 7.93. The molecule has 0 atom stereocenters. The Bertz CT molecular complexity index is 658. The third-order valence-corrected chi connectivity index (χ3v) is 3.99. The van der Waals surface area contributed by atoms with E-state index in [1.54, 1.807) is 0 Å². The van der Waals surface area contributed by atoms with Crippen LogP contribution in [0.2, 0.25) is 0 Å². The van der Waals surface area contributed by atoms with E-state index in [1.807, 2.05) is 35.8 Å². The van der Waals surface area contributed by atoms with Gasteiger partial charge in [0.05, 0.1) is 5.75 Å². The molecule has 0 saturated carbocycles. The Kier molecular flexibility index (Phi) is 3.32. The number of rotatable bonds is 3. The summed E-state index contributed by atoms with van der Waals surface area (Å²) in [5.41, 5.74) is 1.92. The molecule has 5 heteroatoms. The third kappa shape index (κ3) is 2.72. The fourth-order valence-corrected chi connectivity index (χ4v) is 3.17. The maximum absolute atomic E-state index is 11.4. The quantitative estimate of drug-likeness (QED) is 0.873. The van der Waals surface area contributed by atoms with Crippen molar-refractivity contribution in [3.8, 4) is 0 Å². The molecule has 2 aromatic rings. The van der Waals surface area contributed by atoms with Crippen LogP contribution >= 0.6 is 15.9 Å². The molecule has 1 aromatic carbocycles. The molecule has 1 aromatic heterocycles. The van der Waals surface area contributed by atoms with Crippen molar-refractivity contribution in [2.45, 2.75) is 19.2 Å². The second-order valence-electron chi connectivity index (χ2n) is 4.15. The van der Waals surface area contributed by atoms with Crippen LogP contribution in [0.4, 0.5) is 0 Å². The van der Waals surface area contributed by atoms with Gasteiger partial charge in [0.25, 0.3) is 0 Å². The SMILES string of the molecule is CCn1c(CS(C)(=O)=O)cc2ccc(Br)cc21. The van der Waals surface area contributed by atoms with Crippen molar-refractivity contribution in [1.29, 1.82) is 0 Å². The molecule has 0 aliphatic rings. The van der Waals surface area contributed by atoms with E-state index in [-0.39, 0.29) is 5.75 Å². The van der Waals surface area contributed by atoms with Crippen molar-refractivity contribution in [3.63, 3.8) is 0 Å². The maximum atomic E-state index is 11.4. The topological polar surface area (TPSA) is 39.1 Å². The second kappa shape index (κ2) is 4.46. The molecule has 0 fully saturated rings.